The van der Waals surface area contributed by atoms with Crippen LogP contribution in [0.25, 0.3) is 22.6 Å². The molecule has 84 valence electrons. The van der Waals surface area contributed by atoms with Crippen LogP contribution in [0.1, 0.15) is 5.56 Å². The van der Waals surface area contributed by atoms with E-state index in [9.17, 15) is 0 Å². The SMILES string of the molecule is ICc1ccc(-c2nc3ccccc3o2)cc1. The summed E-state index contributed by atoms with van der Waals surface area (Å²) >= 11 is 2.35. The third-order valence-corrected chi connectivity index (χ3v) is 3.53. The van der Waals surface area contributed by atoms with Gasteiger partial charge in [0.15, 0.2) is 5.58 Å². The molecule has 0 spiro atoms. The summed E-state index contributed by atoms with van der Waals surface area (Å²) in [6.45, 7) is 0. The zero-order valence-corrected chi connectivity index (χ0v) is 11.2. The summed E-state index contributed by atoms with van der Waals surface area (Å²) in [5.74, 6) is 0.686. The second-order valence-electron chi connectivity index (χ2n) is 3.82. The molecule has 2 nitrogen and oxygen atoms in total. The van der Waals surface area contributed by atoms with Gasteiger partial charge in [0.25, 0.3) is 0 Å². The van der Waals surface area contributed by atoms with Crippen LogP contribution in [0, 0.1) is 0 Å². The first-order valence-electron chi connectivity index (χ1n) is 5.37. The molecule has 0 saturated heterocycles. The Labute approximate surface area is 113 Å². The molecule has 0 amide bonds. The second kappa shape index (κ2) is 4.49. The quantitative estimate of drug-likeness (QED) is 0.511. The Balaban J connectivity index is 2.07. The predicted molar refractivity (Wildman–Crippen MR) is 77.2 cm³/mol. The molecule has 3 heteroatoms. The maximum Gasteiger partial charge on any atom is 0.227 e. The minimum Gasteiger partial charge on any atom is -0.436 e. The van der Waals surface area contributed by atoms with E-state index in [2.05, 4.69) is 51.8 Å². The molecule has 0 unspecified atom stereocenters. The van der Waals surface area contributed by atoms with Crippen molar-refractivity contribution >= 4 is 33.7 Å². The van der Waals surface area contributed by atoms with E-state index in [0.29, 0.717) is 5.89 Å². The van der Waals surface area contributed by atoms with Crippen molar-refractivity contribution in [2.75, 3.05) is 0 Å². The summed E-state index contributed by atoms with van der Waals surface area (Å²) in [4.78, 5) is 4.47. The summed E-state index contributed by atoms with van der Waals surface area (Å²) < 4.78 is 6.73. The molecule has 3 aromatic rings. The first kappa shape index (κ1) is 10.8. The molecule has 2 aromatic carbocycles. The molecule has 0 fully saturated rings. The normalized spacial score (nSPS) is 10.9. The lowest BCUT2D eigenvalue weighted by atomic mass is 10.1. The maximum absolute atomic E-state index is 5.71. The molecular formula is C14H10INO. The summed E-state index contributed by atoms with van der Waals surface area (Å²) in [5, 5.41) is 0. The number of benzene rings is 2. The zero-order valence-electron chi connectivity index (χ0n) is 9.06. The fourth-order valence-electron chi connectivity index (χ4n) is 1.73. The highest BCUT2D eigenvalue weighted by Gasteiger charge is 2.06. The van der Waals surface area contributed by atoms with Crippen LogP contribution in [0.15, 0.2) is 52.9 Å². The largest absolute Gasteiger partial charge is 0.436 e. The Bertz CT molecular complexity index is 610. The van der Waals surface area contributed by atoms with Crippen molar-refractivity contribution in [3.05, 3.63) is 54.1 Å². The number of rotatable bonds is 2. The smallest absolute Gasteiger partial charge is 0.227 e. The molecule has 0 radical (unpaired) electrons. The van der Waals surface area contributed by atoms with Crippen LogP contribution in [0.2, 0.25) is 0 Å². The van der Waals surface area contributed by atoms with Crippen molar-refractivity contribution in [2.45, 2.75) is 4.43 Å². The van der Waals surface area contributed by atoms with Crippen LogP contribution in [0.3, 0.4) is 0 Å². The van der Waals surface area contributed by atoms with E-state index in [0.717, 1.165) is 21.1 Å². The number of hydrogen-bond acceptors (Lipinski definition) is 2. The van der Waals surface area contributed by atoms with Crippen LogP contribution < -0.4 is 0 Å². The average Bonchev–Trinajstić information content (AvgIpc) is 2.82. The molecule has 0 N–H and O–H groups in total. The Morgan fingerprint density at radius 2 is 1.76 bits per heavy atom. The van der Waals surface area contributed by atoms with Gasteiger partial charge in [0, 0.05) is 9.99 Å². The monoisotopic (exact) mass is 335 g/mol. The van der Waals surface area contributed by atoms with Gasteiger partial charge in [-0.15, -0.1) is 0 Å². The number of alkyl halides is 1. The Morgan fingerprint density at radius 1 is 1.00 bits per heavy atom. The number of nitrogens with zero attached hydrogens (tertiary/aromatic N) is 1. The number of fused-ring (bicyclic) bond motifs is 1. The van der Waals surface area contributed by atoms with Gasteiger partial charge in [-0.3, -0.25) is 0 Å². The molecule has 0 bridgehead atoms. The van der Waals surface area contributed by atoms with Gasteiger partial charge < -0.3 is 4.42 Å². The molecule has 1 aromatic heterocycles. The van der Waals surface area contributed by atoms with Crippen molar-refractivity contribution in [1.29, 1.82) is 0 Å². The molecule has 3 rings (SSSR count). The molecule has 17 heavy (non-hydrogen) atoms. The highest BCUT2D eigenvalue weighted by atomic mass is 127. The van der Waals surface area contributed by atoms with E-state index < -0.39 is 0 Å². The van der Waals surface area contributed by atoms with E-state index in [1.807, 2.05) is 24.3 Å². The van der Waals surface area contributed by atoms with E-state index in [4.69, 9.17) is 4.42 Å². The van der Waals surface area contributed by atoms with Gasteiger partial charge >= 0.3 is 0 Å². The van der Waals surface area contributed by atoms with Gasteiger partial charge in [-0.05, 0) is 29.8 Å². The fourth-order valence-corrected chi connectivity index (χ4v) is 2.24. The minimum atomic E-state index is 0.686. The van der Waals surface area contributed by atoms with Gasteiger partial charge in [-0.25, -0.2) is 4.98 Å². The highest BCUT2D eigenvalue weighted by Crippen LogP contribution is 2.24. The van der Waals surface area contributed by atoms with Crippen LogP contribution in [-0.4, -0.2) is 4.98 Å². The lowest BCUT2D eigenvalue weighted by molar-refractivity contribution is 0.620. The lowest BCUT2D eigenvalue weighted by Gasteiger charge is -1.97. The summed E-state index contributed by atoms with van der Waals surface area (Å²) in [7, 11) is 0. The average molecular weight is 335 g/mol. The van der Waals surface area contributed by atoms with Crippen molar-refractivity contribution in [3.63, 3.8) is 0 Å². The predicted octanol–water partition coefficient (Wildman–Crippen LogP) is 4.43. The van der Waals surface area contributed by atoms with Crippen molar-refractivity contribution < 1.29 is 4.42 Å². The number of hydrogen-bond donors (Lipinski definition) is 0. The zero-order chi connectivity index (χ0) is 11.7. The van der Waals surface area contributed by atoms with Crippen molar-refractivity contribution in [2.24, 2.45) is 0 Å². The first-order valence-corrected chi connectivity index (χ1v) is 6.90. The molecule has 0 aliphatic rings. The Morgan fingerprint density at radius 3 is 2.47 bits per heavy atom. The highest BCUT2D eigenvalue weighted by molar-refractivity contribution is 14.1. The van der Waals surface area contributed by atoms with Crippen LogP contribution in [-0.2, 0) is 4.43 Å². The van der Waals surface area contributed by atoms with E-state index in [1.165, 1.54) is 5.56 Å². The van der Waals surface area contributed by atoms with Crippen LogP contribution in [0.4, 0.5) is 0 Å². The maximum atomic E-state index is 5.71. The fraction of sp³-hybridized carbons (Fsp3) is 0.0714. The van der Waals surface area contributed by atoms with Crippen LogP contribution in [0.5, 0.6) is 0 Å². The van der Waals surface area contributed by atoms with Crippen molar-refractivity contribution in [3.8, 4) is 11.5 Å². The van der Waals surface area contributed by atoms with Gasteiger partial charge in [0.05, 0.1) is 0 Å². The summed E-state index contributed by atoms with van der Waals surface area (Å²) in [6, 6.07) is 16.1. The third kappa shape index (κ3) is 2.07. The van der Waals surface area contributed by atoms with Gasteiger partial charge in [-0.1, -0.05) is 46.9 Å². The number of aromatic nitrogens is 1. The Hall–Kier alpha value is -1.36. The van der Waals surface area contributed by atoms with Gasteiger partial charge in [0.2, 0.25) is 5.89 Å². The van der Waals surface area contributed by atoms with Crippen LogP contribution >= 0.6 is 22.6 Å². The van der Waals surface area contributed by atoms with Gasteiger partial charge in [0.1, 0.15) is 5.52 Å². The standard InChI is InChI=1S/C14H10INO/c15-9-10-5-7-11(8-6-10)14-16-12-3-1-2-4-13(12)17-14/h1-8H,9H2. The molecule has 0 aliphatic carbocycles. The molecule has 1 heterocycles. The lowest BCUT2D eigenvalue weighted by Crippen LogP contribution is -1.79. The number of oxazole rings is 1. The molecule has 0 saturated carbocycles. The van der Waals surface area contributed by atoms with E-state index >= 15 is 0 Å². The second-order valence-corrected chi connectivity index (χ2v) is 4.58. The third-order valence-electron chi connectivity index (χ3n) is 2.65. The van der Waals surface area contributed by atoms with E-state index in [-0.39, 0.29) is 0 Å². The summed E-state index contributed by atoms with van der Waals surface area (Å²) in [5.41, 5.74) is 4.07. The van der Waals surface area contributed by atoms with E-state index in [1.54, 1.807) is 0 Å². The number of para-hydroxylation sites is 2. The molecule has 0 atom stereocenters. The topological polar surface area (TPSA) is 26.0 Å². The molecule has 0 aliphatic heterocycles. The molecular weight excluding hydrogens is 325 g/mol. The minimum absolute atomic E-state index is 0.686. The van der Waals surface area contributed by atoms with Crippen molar-refractivity contribution in [1.82, 2.24) is 4.98 Å². The van der Waals surface area contributed by atoms with Gasteiger partial charge in [-0.2, -0.15) is 0 Å². The summed E-state index contributed by atoms with van der Waals surface area (Å²) in [6.07, 6.45) is 0. The Kier molecular flexibility index (Phi) is 2.84. The first-order chi connectivity index (χ1) is 8.36. The number of halogens is 1.